The van der Waals surface area contributed by atoms with Crippen molar-refractivity contribution in [3.05, 3.63) is 41.1 Å². The van der Waals surface area contributed by atoms with E-state index in [9.17, 15) is 4.79 Å². The fourth-order valence-corrected chi connectivity index (χ4v) is 1.70. The van der Waals surface area contributed by atoms with Crippen LogP contribution in [0.15, 0.2) is 35.5 Å². The molecule has 16 heavy (non-hydrogen) atoms. The predicted octanol–water partition coefficient (Wildman–Crippen LogP) is 0.423. The number of hydrogen-bond donors (Lipinski definition) is 1. The Bertz CT molecular complexity index is 705. The highest BCUT2D eigenvalue weighted by Crippen LogP contribution is 2.16. The Morgan fingerprint density at radius 1 is 1.38 bits per heavy atom. The largest absolute Gasteiger partial charge is 0.307 e. The van der Waals surface area contributed by atoms with Gasteiger partial charge in [-0.3, -0.25) is 9.48 Å². The summed E-state index contributed by atoms with van der Waals surface area (Å²) in [7, 11) is 1.83. The number of aromatic nitrogens is 5. The van der Waals surface area contributed by atoms with Crippen LogP contribution in [0.2, 0.25) is 0 Å². The lowest BCUT2D eigenvalue weighted by atomic mass is 10.2. The number of H-pyrrole nitrogens is 1. The lowest BCUT2D eigenvalue weighted by molar-refractivity contribution is 0.768. The van der Waals surface area contributed by atoms with Gasteiger partial charge in [-0.1, -0.05) is 0 Å². The van der Waals surface area contributed by atoms with Crippen molar-refractivity contribution in [1.29, 1.82) is 0 Å². The summed E-state index contributed by atoms with van der Waals surface area (Å²) in [5, 5.41) is 8.23. The van der Waals surface area contributed by atoms with E-state index >= 15 is 0 Å². The van der Waals surface area contributed by atoms with Crippen molar-refractivity contribution in [3.63, 3.8) is 0 Å². The van der Waals surface area contributed by atoms with E-state index in [2.05, 4.69) is 15.2 Å². The Morgan fingerprint density at radius 3 is 3.00 bits per heavy atom. The van der Waals surface area contributed by atoms with Crippen LogP contribution >= 0.6 is 0 Å². The molecule has 0 aromatic carbocycles. The Labute approximate surface area is 90.1 Å². The quantitative estimate of drug-likeness (QED) is 0.639. The van der Waals surface area contributed by atoms with Gasteiger partial charge in [-0.15, -0.1) is 0 Å². The predicted molar refractivity (Wildman–Crippen MR) is 58.0 cm³/mol. The highest BCUT2D eigenvalue weighted by atomic mass is 16.1. The number of hydrogen-bond acceptors (Lipinski definition) is 3. The molecule has 3 heterocycles. The lowest BCUT2D eigenvalue weighted by Gasteiger charge is -2.00. The Hall–Kier alpha value is -2.37. The normalized spacial score (nSPS) is 11.1. The van der Waals surface area contributed by atoms with E-state index in [0.29, 0.717) is 5.65 Å². The van der Waals surface area contributed by atoms with Crippen LogP contribution < -0.4 is 5.56 Å². The molecule has 0 aliphatic rings. The zero-order valence-electron chi connectivity index (χ0n) is 8.58. The number of nitrogens with zero attached hydrogens (tertiary/aromatic N) is 4. The average Bonchev–Trinajstić information content (AvgIpc) is 2.84. The van der Waals surface area contributed by atoms with E-state index in [-0.39, 0.29) is 5.56 Å². The molecule has 0 atom stereocenters. The first-order chi connectivity index (χ1) is 7.74. The van der Waals surface area contributed by atoms with E-state index in [1.54, 1.807) is 27.7 Å². The van der Waals surface area contributed by atoms with Gasteiger partial charge in [-0.25, -0.2) is 4.52 Å². The minimum absolute atomic E-state index is 0.146. The van der Waals surface area contributed by atoms with Gasteiger partial charge in [0.25, 0.3) is 5.56 Å². The monoisotopic (exact) mass is 215 g/mol. The third-order valence-corrected chi connectivity index (χ3v) is 2.39. The molecule has 6 nitrogen and oxygen atoms in total. The Kier molecular flexibility index (Phi) is 1.70. The van der Waals surface area contributed by atoms with Gasteiger partial charge >= 0.3 is 0 Å². The number of rotatable bonds is 1. The standard InChI is InChI=1S/C10H9N5O/c1-14-6-7(5-12-14)8-4-10(16)13-9-2-3-11-15(8)9/h2-6H,1H3,(H,13,16). The third kappa shape index (κ3) is 1.23. The van der Waals surface area contributed by atoms with Crippen LogP contribution in [-0.4, -0.2) is 24.4 Å². The molecule has 0 fully saturated rings. The van der Waals surface area contributed by atoms with Crippen LogP contribution in [0.4, 0.5) is 0 Å². The van der Waals surface area contributed by atoms with E-state index in [0.717, 1.165) is 11.3 Å². The molecule has 0 unspecified atom stereocenters. The first-order valence-electron chi connectivity index (χ1n) is 4.80. The zero-order chi connectivity index (χ0) is 11.1. The smallest absolute Gasteiger partial charge is 0.251 e. The Balaban J connectivity index is 2.37. The number of nitrogens with one attached hydrogen (secondary N) is 1. The van der Waals surface area contributed by atoms with Crippen LogP contribution in [0.3, 0.4) is 0 Å². The maximum Gasteiger partial charge on any atom is 0.251 e. The summed E-state index contributed by atoms with van der Waals surface area (Å²) in [6.07, 6.45) is 5.19. The molecule has 0 amide bonds. The van der Waals surface area contributed by atoms with Crippen LogP contribution in [0.1, 0.15) is 0 Å². The van der Waals surface area contributed by atoms with Crippen molar-refractivity contribution in [3.8, 4) is 11.3 Å². The summed E-state index contributed by atoms with van der Waals surface area (Å²) in [5.41, 5.74) is 2.12. The highest BCUT2D eigenvalue weighted by Gasteiger charge is 2.07. The van der Waals surface area contributed by atoms with Gasteiger partial charge in [0.15, 0.2) is 0 Å². The van der Waals surface area contributed by atoms with Gasteiger partial charge in [-0.05, 0) is 0 Å². The second-order valence-corrected chi connectivity index (χ2v) is 3.55. The molecular weight excluding hydrogens is 206 g/mol. The average molecular weight is 215 g/mol. The zero-order valence-corrected chi connectivity index (χ0v) is 8.58. The molecule has 0 aliphatic carbocycles. The van der Waals surface area contributed by atoms with Gasteiger partial charge in [-0.2, -0.15) is 10.2 Å². The minimum Gasteiger partial charge on any atom is -0.307 e. The molecule has 3 aromatic heterocycles. The van der Waals surface area contributed by atoms with E-state index in [1.807, 2.05) is 13.2 Å². The summed E-state index contributed by atoms with van der Waals surface area (Å²) in [4.78, 5) is 14.2. The molecule has 0 radical (unpaired) electrons. The molecular formula is C10H9N5O. The van der Waals surface area contributed by atoms with Gasteiger partial charge < -0.3 is 4.98 Å². The third-order valence-electron chi connectivity index (χ3n) is 2.39. The van der Waals surface area contributed by atoms with Gasteiger partial charge in [0, 0.05) is 30.9 Å². The molecule has 0 bridgehead atoms. The number of aromatic amines is 1. The molecule has 1 N–H and O–H groups in total. The minimum atomic E-state index is -0.146. The summed E-state index contributed by atoms with van der Waals surface area (Å²) < 4.78 is 3.37. The number of fused-ring (bicyclic) bond motifs is 1. The number of aryl methyl sites for hydroxylation is 1. The maximum absolute atomic E-state index is 11.5. The summed E-state index contributed by atoms with van der Waals surface area (Å²) >= 11 is 0. The second kappa shape index (κ2) is 3.06. The molecule has 0 saturated carbocycles. The fourth-order valence-electron chi connectivity index (χ4n) is 1.70. The van der Waals surface area contributed by atoms with Gasteiger partial charge in [0.05, 0.1) is 18.1 Å². The van der Waals surface area contributed by atoms with Crippen molar-refractivity contribution in [2.75, 3.05) is 0 Å². The highest BCUT2D eigenvalue weighted by molar-refractivity contribution is 5.60. The summed E-state index contributed by atoms with van der Waals surface area (Å²) in [5.74, 6) is 0. The first-order valence-corrected chi connectivity index (χ1v) is 4.80. The van der Waals surface area contributed by atoms with E-state index in [1.165, 1.54) is 6.07 Å². The second-order valence-electron chi connectivity index (χ2n) is 3.55. The van der Waals surface area contributed by atoms with E-state index < -0.39 is 0 Å². The SMILES string of the molecule is Cn1cc(-c2cc(=O)[nH]c3ccnn23)cn1. The molecule has 80 valence electrons. The maximum atomic E-state index is 11.5. The van der Waals surface area contributed by atoms with Crippen LogP contribution in [0.5, 0.6) is 0 Å². The fraction of sp³-hybridized carbons (Fsp3) is 0.100. The molecule has 0 saturated heterocycles. The summed E-state index contributed by atoms with van der Waals surface area (Å²) in [6, 6.07) is 3.26. The Morgan fingerprint density at radius 2 is 2.25 bits per heavy atom. The van der Waals surface area contributed by atoms with Gasteiger partial charge in [0.1, 0.15) is 5.65 Å². The molecule has 3 rings (SSSR count). The van der Waals surface area contributed by atoms with E-state index in [4.69, 9.17) is 0 Å². The van der Waals surface area contributed by atoms with Crippen LogP contribution in [0, 0.1) is 0 Å². The lowest BCUT2D eigenvalue weighted by Crippen LogP contribution is -2.09. The van der Waals surface area contributed by atoms with Crippen molar-refractivity contribution in [2.45, 2.75) is 0 Å². The first kappa shape index (κ1) is 8.90. The van der Waals surface area contributed by atoms with Crippen LogP contribution in [0.25, 0.3) is 16.9 Å². The van der Waals surface area contributed by atoms with Crippen LogP contribution in [-0.2, 0) is 7.05 Å². The van der Waals surface area contributed by atoms with Crippen molar-refractivity contribution < 1.29 is 0 Å². The van der Waals surface area contributed by atoms with Crippen molar-refractivity contribution >= 4 is 5.65 Å². The molecule has 0 spiro atoms. The van der Waals surface area contributed by atoms with Crippen molar-refractivity contribution in [1.82, 2.24) is 24.4 Å². The molecule has 3 aromatic rings. The van der Waals surface area contributed by atoms with Crippen molar-refractivity contribution in [2.24, 2.45) is 7.05 Å². The molecule has 6 heteroatoms. The molecule has 0 aliphatic heterocycles. The van der Waals surface area contributed by atoms with Gasteiger partial charge in [0.2, 0.25) is 0 Å². The topological polar surface area (TPSA) is 68.0 Å². The summed E-state index contributed by atoms with van der Waals surface area (Å²) in [6.45, 7) is 0.